The number of aryl methyl sites for hydroxylation is 1. The van der Waals surface area contributed by atoms with Gasteiger partial charge in [0, 0.05) is 11.1 Å². The molecule has 0 saturated carbocycles. The van der Waals surface area contributed by atoms with E-state index < -0.39 is 0 Å². The van der Waals surface area contributed by atoms with E-state index in [1.807, 2.05) is 25.1 Å². The second-order valence-corrected chi connectivity index (χ2v) is 5.08. The van der Waals surface area contributed by atoms with E-state index in [1.54, 1.807) is 0 Å². The van der Waals surface area contributed by atoms with Gasteiger partial charge < -0.3 is 9.47 Å². The molecular weight excluding hydrogens is 268 g/mol. The molecule has 1 rings (SSSR count). The summed E-state index contributed by atoms with van der Waals surface area (Å²) in [5, 5.41) is 0. The highest BCUT2D eigenvalue weighted by atomic mass is 79.9. The van der Waals surface area contributed by atoms with Crippen molar-refractivity contribution >= 4 is 15.9 Å². The molecule has 0 N–H and O–H groups in total. The number of ether oxygens (including phenoxy) is 2. The van der Waals surface area contributed by atoms with Gasteiger partial charge in [-0.3, -0.25) is 0 Å². The maximum atomic E-state index is 5.58. The molecule has 0 amide bonds. The van der Waals surface area contributed by atoms with Crippen molar-refractivity contribution in [1.29, 1.82) is 0 Å². The molecule has 0 bridgehead atoms. The number of halogens is 1. The predicted octanol–water partition coefficient (Wildman–Crippen LogP) is 3.81. The van der Waals surface area contributed by atoms with Crippen LogP contribution in [0.3, 0.4) is 0 Å². The molecule has 0 aliphatic carbocycles. The molecule has 0 aliphatic rings. The molecule has 0 heterocycles. The number of hydrogen-bond acceptors (Lipinski definition) is 2. The molecule has 0 spiro atoms. The van der Waals surface area contributed by atoms with Gasteiger partial charge >= 0.3 is 0 Å². The Hall–Kier alpha value is -0.540. The normalized spacial score (nSPS) is 10.8. The first-order valence-electron chi connectivity index (χ1n) is 5.56. The third-order valence-electron chi connectivity index (χ3n) is 2.08. The Morgan fingerprint density at radius 2 is 2.00 bits per heavy atom. The van der Waals surface area contributed by atoms with Gasteiger partial charge in [0.05, 0.1) is 6.61 Å². The molecule has 0 aromatic heterocycles. The van der Waals surface area contributed by atoms with E-state index in [-0.39, 0.29) is 0 Å². The predicted molar refractivity (Wildman–Crippen MR) is 70.0 cm³/mol. The zero-order valence-electron chi connectivity index (χ0n) is 10.1. The molecule has 0 fully saturated rings. The van der Waals surface area contributed by atoms with Crippen LogP contribution in [-0.2, 0) is 4.74 Å². The highest BCUT2D eigenvalue weighted by Gasteiger charge is 1.98. The van der Waals surface area contributed by atoms with Crippen molar-refractivity contribution in [3.63, 3.8) is 0 Å². The minimum Gasteiger partial charge on any atom is -0.491 e. The highest BCUT2D eigenvalue weighted by molar-refractivity contribution is 9.10. The van der Waals surface area contributed by atoms with Gasteiger partial charge in [-0.1, -0.05) is 29.8 Å². The first-order valence-corrected chi connectivity index (χ1v) is 6.35. The fraction of sp³-hybridized carbons (Fsp3) is 0.538. The van der Waals surface area contributed by atoms with Crippen LogP contribution in [0.15, 0.2) is 22.7 Å². The van der Waals surface area contributed by atoms with Crippen molar-refractivity contribution in [2.45, 2.75) is 20.8 Å². The van der Waals surface area contributed by atoms with Crippen molar-refractivity contribution in [3.8, 4) is 5.75 Å². The number of benzene rings is 1. The molecule has 2 nitrogen and oxygen atoms in total. The fourth-order valence-corrected chi connectivity index (χ4v) is 1.49. The lowest BCUT2D eigenvalue weighted by atomic mass is 10.2. The lowest BCUT2D eigenvalue weighted by Gasteiger charge is -2.09. The Morgan fingerprint density at radius 3 is 2.62 bits per heavy atom. The second-order valence-electron chi connectivity index (χ2n) is 4.23. The number of rotatable bonds is 6. The fourth-order valence-electron chi connectivity index (χ4n) is 1.24. The zero-order chi connectivity index (χ0) is 12.0. The maximum absolute atomic E-state index is 5.58. The quantitative estimate of drug-likeness (QED) is 0.741. The summed E-state index contributed by atoms with van der Waals surface area (Å²) in [6.45, 7) is 8.37. The summed E-state index contributed by atoms with van der Waals surface area (Å²) >= 11 is 3.46. The van der Waals surface area contributed by atoms with E-state index >= 15 is 0 Å². The van der Waals surface area contributed by atoms with Crippen molar-refractivity contribution in [1.82, 2.24) is 0 Å². The highest BCUT2D eigenvalue weighted by Crippen LogP contribution is 2.21. The van der Waals surface area contributed by atoms with Crippen molar-refractivity contribution in [3.05, 3.63) is 28.2 Å². The van der Waals surface area contributed by atoms with Crippen LogP contribution < -0.4 is 4.74 Å². The van der Waals surface area contributed by atoms with Crippen LogP contribution in [0.4, 0.5) is 0 Å². The monoisotopic (exact) mass is 286 g/mol. The smallest absolute Gasteiger partial charge is 0.119 e. The first kappa shape index (κ1) is 13.5. The molecule has 90 valence electrons. The average molecular weight is 287 g/mol. The van der Waals surface area contributed by atoms with E-state index in [9.17, 15) is 0 Å². The Balaban J connectivity index is 2.24. The Bertz CT molecular complexity index is 324. The van der Waals surface area contributed by atoms with Gasteiger partial charge in [0.15, 0.2) is 0 Å². The van der Waals surface area contributed by atoms with Crippen LogP contribution in [-0.4, -0.2) is 19.8 Å². The zero-order valence-corrected chi connectivity index (χ0v) is 11.7. The Labute approximate surface area is 106 Å². The number of hydrogen-bond donors (Lipinski definition) is 0. The van der Waals surface area contributed by atoms with Crippen LogP contribution >= 0.6 is 15.9 Å². The molecular formula is C13H19BrO2. The minimum absolute atomic E-state index is 0.579. The van der Waals surface area contributed by atoms with Crippen LogP contribution in [0.2, 0.25) is 0 Å². The topological polar surface area (TPSA) is 18.5 Å². The summed E-state index contributed by atoms with van der Waals surface area (Å²) in [5.41, 5.74) is 1.18. The molecule has 0 unspecified atom stereocenters. The third-order valence-corrected chi connectivity index (χ3v) is 2.97. The summed E-state index contributed by atoms with van der Waals surface area (Å²) in [6.07, 6.45) is 0. The SMILES string of the molecule is Cc1cc(OCCOCC(C)C)ccc1Br. The van der Waals surface area contributed by atoms with E-state index in [2.05, 4.69) is 29.8 Å². The van der Waals surface area contributed by atoms with Gasteiger partial charge in [-0.15, -0.1) is 0 Å². The molecule has 0 atom stereocenters. The summed E-state index contributed by atoms with van der Waals surface area (Å²) < 4.78 is 12.1. The Kier molecular flexibility index (Phi) is 5.85. The molecule has 0 saturated heterocycles. The molecule has 0 aliphatic heterocycles. The van der Waals surface area contributed by atoms with Crippen LogP contribution in [0.25, 0.3) is 0 Å². The van der Waals surface area contributed by atoms with Gasteiger partial charge in [-0.25, -0.2) is 0 Å². The molecule has 3 heteroatoms. The summed E-state index contributed by atoms with van der Waals surface area (Å²) in [4.78, 5) is 0. The summed E-state index contributed by atoms with van der Waals surface area (Å²) in [5.74, 6) is 1.48. The van der Waals surface area contributed by atoms with Gasteiger partial charge in [-0.05, 0) is 36.6 Å². The van der Waals surface area contributed by atoms with Gasteiger partial charge in [0.2, 0.25) is 0 Å². The molecule has 16 heavy (non-hydrogen) atoms. The van der Waals surface area contributed by atoms with Gasteiger partial charge in [-0.2, -0.15) is 0 Å². The van der Waals surface area contributed by atoms with E-state index in [4.69, 9.17) is 9.47 Å². The molecule has 1 aromatic rings. The van der Waals surface area contributed by atoms with Crippen LogP contribution in [0.5, 0.6) is 5.75 Å². The van der Waals surface area contributed by atoms with Crippen LogP contribution in [0.1, 0.15) is 19.4 Å². The van der Waals surface area contributed by atoms with E-state index in [0.717, 1.165) is 16.8 Å². The van der Waals surface area contributed by atoms with E-state index in [1.165, 1.54) is 5.56 Å². The van der Waals surface area contributed by atoms with Crippen molar-refractivity contribution in [2.75, 3.05) is 19.8 Å². The third kappa shape index (κ3) is 4.99. The summed E-state index contributed by atoms with van der Waals surface area (Å²) in [6, 6.07) is 5.98. The lowest BCUT2D eigenvalue weighted by Crippen LogP contribution is -2.10. The minimum atomic E-state index is 0.579. The molecule has 1 aromatic carbocycles. The average Bonchev–Trinajstić information content (AvgIpc) is 2.22. The largest absolute Gasteiger partial charge is 0.491 e. The second kappa shape index (κ2) is 6.92. The van der Waals surface area contributed by atoms with E-state index in [0.29, 0.717) is 19.1 Å². The van der Waals surface area contributed by atoms with Crippen LogP contribution in [0, 0.1) is 12.8 Å². The standard InChI is InChI=1S/C13H19BrO2/c1-10(2)9-15-6-7-16-12-4-5-13(14)11(3)8-12/h4-5,8,10H,6-7,9H2,1-3H3. The Morgan fingerprint density at radius 1 is 1.25 bits per heavy atom. The van der Waals surface area contributed by atoms with Crippen molar-refractivity contribution < 1.29 is 9.47 Å². The maximum Gasteiger partial charge on any atom is 0.119 e. The van der Waals surface area contributed by atoms with Crippen molar-refractivity contribution in [2.24, 2.45) is 5.92 Å². The van der Waals surface area contributed by atoms with Gasteiger partial charge in [0.1, 0.15) is 12.4 Å². The molecule has 0 radical (unpaired) electrons. The lowest BCUT2D eigenvalue weighted by molar-refractivity contribution is 0.0819. The first-order chi connectivity index (χ1) is 7.59. The van der Waals surface area contributed by atoms with Gasteiger partial charge in [0.25, 0.3) is 0 Å². The summed E-state index contributed by atoms with van der Waals surface area (Å²) in [7, 11) is 0.